The van der Waals surface area contributed by atoms with E-state index in [4.69, 9.17) is 0 Å². The molecule has 0 aromatic carbocycles. The summed E-state index contributed by atoms with van der Waals surface area (Å²) in [5.74, 6) is 1.72. The molecule has 0 amide bonds. The molecule has 1 N–H and O–H groups in total. The number of pyridine rings is 1. The normalized spacial score (nSPS) is 26.1. The van der Waals surface area contributed by atoms with Crippen LogP contribution in [0.3, 0.4) is 0 Å². The zero-order chi connectivity index (χ0) is 13.8. The molecule has 3 unspecified atom stereocenters. The van der Waals surface area contributed by atoms with Crippen LogP contribution in [-0.2, 0) is 0 Å². The zero-order valence-corrected chi connectivity index (χ0v) is 12.1. The molecular formula is C15H24FN3. The fourth-order valence-corrected chi connectivity index (χ4v) is 3.12. The average Bonchev–Trinajstić information content (AvgIpc) is 2.26. The Kier molecular flexibility index (Phi) is 4.75. The van der Waals surface area contributed by atoms with E-state index in [9.17, 15) is 4.39 Å². The second kappa shape index (κ2) is 6.33. The molecule has 1 fully saturated rings. The smallest absolute Gasteiger partial charge is 0.214 e. The van der Waals surface area contributed by atoms with Gasteiger partial charge in [0.05, 0.1) is 0 Å². The van der Waals surface area contributed by atoms with Crippen LogP contribution in [0.15, 0.2) is 18.2 Å². The lowest BCUT2D eigenvalue weighted by Crippen LogP contribution is -2.43. The fraction of sp³-hybridized carbons (Fsp3) is 0.667. The Balaban J connectivity index is 1.85. The second-order valence-corrected chi connectivity index (χ2v) is 6.06. The zero-order valence-electron chi connectivity index (χ0n) is 12.1. The highest BCUT2D eigenvalue weighted by Gasteiger charge is 2.22. The summed E-state index contributed by atoms with van der Waals surface area (Å²) in [6.07, 6.45) is 1.32. The Morgan fingerprint density at radius 3 is 2.68 bits per heavy atom. The van der Waals surface area contributed by atoms with Gasteiger partial charge in [0, 0.05) is 25.7 Å². The molecule has 2 rings (SSSR count). The number of hydrogen-bond donors (Lipinski definition) is 1. The molecule has 0 spiro atoms. The Labute approximate surface area is 115 Å². The number of piperidine rings is 1. The first-order valence-corrected chi connectivity index (χ1v) is 7.14. The van der Waals surface area contributed by atoms with Gasteiger partial charge in [0.2, 0.25) is 5.95 Å². The van der Waals surface area contributed by atoms with Gasteiger partial charge in [-0.3, -0.25) is 0 Å². The van der Waals surface area contributed by atoms with E-state index in [1.807, 2.05) is 0 Å². The Morgan fingerprint density at radius 1 is 1.37 bits per heavy atom. The molecule has 0 aliphatic carbocycles. The van der Waals surface area contributed by atoms with Crippen molar-refractivity contribution in [3.8, 4) is 0 Å². The van der Waals surface area contributed by atoms with Crippen molar-refractivity contribution in [2.75, 3.05) is 25.0 Å². The molecule has 1 aromatic heterocycles. The van der Waals surface area contributed by atoms with Crippen molar-refractivity contribution in [2.45, 2.75) is 33.2 Å². The van der Waals surface area contributed by atoms with Gasteiger partial charge in [0.15, 0.2) is 0 Å². The maximum Gasteiger partial charge on any atom is 0.214 e. The molecule has 3 nitrogen and oxygen atoms in total. The molecule has 106 valence electrons. The summed E-state index contributed by atoms with van der Waals surface area (Å²) in [4.78, 5) is 6.34. The number of nitrogens with one attached hydrogen (secondary N) is 1. The van der Waals surface area contributed by atoms with Crippen LogP contribution in [0.4, 0.5) is 10.2 Å². The molecule has 1 aliphatic rings. The lowest BCUT2D eigenvalue weighted by Gasteiger charge is -2.36. The third-order valence-corrected chi connectivity index (χ3v) is 3.59. The first-order chi connectivity index (χ1) is 9.02. The highest BCUT2D eigenvalue weighted by atomic mass is 19.1. The predicted octanol–water partition coefficient (Wildman–Crippen LogP) is 3.00. The second-order valence-electron chi connectivity index (χ2n) is 6.06. The minimum absolute atomic E-state index is 0.270. The van der Waals surface area contributed by atoms with Gasteiger partial charge in [-0.2, -0.15) is 4.39 Å². The third kappa shape index (κ3) is 4.46. The molecule has 1 saturated heterocycles. The number of halogens is 1. The van der Waals surface area contributed by atoms with Crippen molar-refractivity contribution in [1.29, 1.82) is 0 Å². The molecule has 4 heteroatoms. The lowest BCUT2D eigenvalue weighted by atomic mass is 9.92. The van der Waals surface area contributed by atoms with Crippen molar-refractivity contribution in [3.05, 3.63) is 24.1 Å². The molecule has 1 aliphatic heterocycles. The minimum atomic E-state index is -0.433. The summed E-state index contributed by atoms with van der Waals surface area (Å²) in [6.45, 7) is 10.0. The van der Waals surface area contributed by atoms with Crippen molar-refractivity contribution >= 4 is 5.82 Å². The Bertz CT molecular complexity index is 400. The standard InChI is InChI=1S/C15H24FN3/c1-11-7-12(2)9-19(8-11)10-13(3)17-15-6-4-5-14(16)18-15/h4-6,11-13H,7-10H2,1-3H3,(H,17,18). The average molecular weight is 265 g/mol. The van der Waals surface area contributed by atoms with E-state index < -0.39 is 5.95 Å². The summed E-state index contributed by atoms with van der Waals surface area (Å²) >= 11 is 0. The van der Waals surface area contributed by atoms with Gasteiger partial charge in [-0.05, 0) is 37.3 Å². The molecule has 0 saturated carbocycles. The van der Waals surface area contributed by atoms with Crippen LogP contribution < -0.4 is 5.32 Å². The molecule has 1 aromatic rings. The summed E-state index contributed by atoms with van der Waals surface area (Å²) in [5.41, 5.74) is 0. The monoisotopic (exact) mass is 265 g/mol. The van der Waals surface area contributed by atoms with Gasteiger partial charge in [0.25, 0.3) is 0 Å². The Morgan fingerprint density at radius 2 is 2.05 bits per heavy atom. The van der Waals surface area contributed by atoms with E-state index in [0.29, 0.717) is 5.82 Å². The molecule has 2 heterocycles. The van der Waals surface area contributed by atoms with Gasteiger partial charge in [0.1, 0.15) is 5.82 Å². The summed E-state index contributed by atoms with van der Waals surface area (Å²) in [5, 5.41) is 3.27. The first kappa shape index (κ1) is 14.3. The van der Waals surface area contributed by atoms with Crippen LogP contribution in [0.25, 0.3) is 0 Å². The van der Waals surface area contributed by atoms with Gasteiger partial charge < -0.3 is 10.2 Å². The molecule has 3 atom stereocenters. The number of anilines is 1. The first-order valence-electron chi connectivity index (χ1n) is 7.14. The summed E-state index contributed by atoms with van der Waals surface area (Å²) in [7, 11) is 0. The van der Waals surface area contributed by atoms with Crippen LogP contribution in [0.1, 0.15) is 27.2 Å². The van der Waals surface area contributed by atoms with Gasteiger partial charge >= 0.3 is 0 Å². The number of likely N-dealkylation sites (tertiary alicyclic amines) is 1. The fourth-order valence-electron chi connectivity index (χ4n) is 3.12. The minimum Gasteiger partial charge on any atom is -0.366 e. The largest absolute Gasteiger partial charge is 0.366 e. The van der Waals surface area contributed by atoms with Crippen LogP contribution >= 0.6 is 0 Å². The van der Waals surface area contributed by atoms with Gasteiger partial charge in [-0.1, -0.05) is 19.9 Å². The topological polar surface area (TPSA) is 28.2 Å². The summed E-state index contributed by atoms with van der Waals surface area (Å²) in [6, 6.07) is 5.12. The van der Waals surface area contributed by atoms with Crippen molar-refractivity contribution in [3.63, 3.8) is 0 Å². The van der Waals surface area contributed by atoms with Crippen molar-refractivity contribution < 1.29 is 4.39 Å². The van der Waals surface area contributed by atoms with Crippen LogP contribution in [0.2, 0.25) is 0 Å². The van der Waals surface area contributed by atoms with Crippen molar-refractivity contribution in [2.24, 2.45) is 11.8 Å². The van der Waals surface area contributed by atoms with Gasteiger partial charge in [-0.15, -0.1) is 0 Å². The van der Waals surface area contributed by atoms with E-state index in [1.165, 1.54) is 12.5 Å². The predicted molar refractivity (Wildman–Crippen MR) is 76.7 cm³/mol. The summed E-state index contributed by atoms with van der Waals surface area (Å²) < 4.78 is 13.0. The Hall–Kier alpha value is -1.16. The maximum absolute atomic E-state index is 13.0. The maximum atomic E-state index is 13.0. The van der Waals surface area contributed by atoms with Crippen LogP contribution in [0.5, 0.6) is 0 Å². The highest BCUT2D eigenvalue weighted by molar-refractivity contribution is 5.34. The molecule has 0 bridgehead atoms. The number of hydrogen-bond acceptors (Lipinski definition) is 3. The third-order valence-electron chi connectivity index (χ3n) is 3.59. The SMILES string of the molecule is CC1CC(C)CN(CC(C)Nc2cccc(F)n2)C1. The highest BCUT2D eigenvalue weighted by Crippen LogP contribution is 2.21. The molecular weight excluding hydrogens is 241 g/mol. The lowest BCUT2D eigenvalue weighted by molar-refractivity contribution is 0.138. The number of aromatic nitrogens is 1. The molecule has 19 heavy (non-hydrogen) atoms. The van der Waals surface area contributed by atoms with Crippen LogP contribution in [0, 0.1) is 17.8 Å². The van der Waals surface area contributed by atoms with E-state index in [2.05, 4.69) is 36.0 Å². The quantitative estimate of drug-likeness (QED) is 0.848. The van der Waals surface area contributed by atoms with Gasteiger partial charge in [-0.25, -0.2) is 4.98 Å². The van der Waals surface area contributed by atoms with Crippen LogP contribution in [-0.4, -0.2) is 35.6 Å². The molecule has 0 radical (unpaired) electrons. The number of nitrogens with zero attached hydrogens (tertiary/aromatic N) is 2. The van der Waals surface area contributed by atoms with E-state index >= 15 is 0 Å². The van der Waals surface area contributed by atoms with E-state index in [1.54, 1.807) is 12.1 Å². The van der Waals surface area contributed by atoms with E-state index in [-0.39, 0.29) is 6.04 Å². The number of rotatable bonds is 4. The van der Waals surface area contributed by atoms with E-state index in [0.717, 1.165) is 31.5 Å². The van der Waals surface area contributed by atoms with Crippen molar-refractivity contribution in [1.82, 2.24) is 9.88 Å².